The van der Waals surface area contributed by atoms with Crippen LogP contribution in [0, 0.1) is 0 Å². The molecular weight excluding hydrogens is 584 g/mol. The van der Waals surface area contributed by atoms with Gasteiger partial charge in [-0.05, 0) is 77.9 Å². The van der Waals surface area contributed by atoms with Crippen LogP contribution in [0.15, 0.2) is 156 Å². The molecule has 3 nitrogen and oxygen atoms in total. The third-order valence-corrected chi connectivity index (χ3v) is 9.68. The van der Waals surface area contributed by atoms with E-state index >= 15 is 0 Å². The van der Waals surface area contributed by atoms with Crippen LogP contribution in [0.4, 0.5) is 0 Å². The van der Waals surface area contributed by atoms with E-state index in [0.717, 1.165) is 44.4 Å². The highest BCUT2D eigenvalue weighted by Gasteiger charge is 2.21. The zero-order valence-electron chi connectivity index (χ0n) is 24.6. The molecule has 0 N–H and O–H groups in total. The Hall–Kier alpha value is -5.77. The quantitative estimate of drug-likeness (QED) is 0.196. The second-order valence-electron chi connectivity index (χ2n) is 11.9. The molecule has 0 radical (unpaired) electrons. The number of fused-ring (bicyclic) bond motifs is 10. The zero-order valence-corrected chi connectivity index (χ0v) is 25.4. The minimum atomic E-state index is 0.701. The van der Waals surface area contributed by atoms with Gasteiger partial charge >= 0.3 is 0 Å². The third kappa shape index (κ3) is 3.55. The van der Waals surface area contributed by atoms with Crippen molar-refractivity contribution in [2.24, 2.45) is 0 Å². The highest BCUT2D eigenvalue weighted by atomic mass is 35.5. The van der Waals surface area contributed by atoms with Gasteiger partial charge in [-0.2, -0.15) is 0 Å². The molecule has 0 saturated heterocycles. The van der Waals surface area contributed by atoms with Gasteiger partial charge in [0.25, 0.3) is 0 Å². The summed E-state index contributed by atoms with van der Waals surface area (Å²) in [6.45, 7) is 0. The van der Waals surface area contributed by atoms with Crippen LogP contribution in [-0.2, 0) is 0 Å². The van der Waals surface area contributed by atoms with Crippen molar-refractivity contribution in [1.29, 1.82) is 0 Å². The first-order chi connectivity index (χ1) is 22.7. The minimum Gasteiger partial charge on any atom is -0.456 e. The molecule has 10 rings (SSSR count). The van der Waals surface area contributed by atoms with Crippen molar-refractivity contribution in [3.8, 4) is 22.5 Å². The van der Waals surface area contributed by atoms with Gasteiger partial charge in [0.05, 0.1) is 27.1 Å². The number of hydrogen-bond donors (Lipinski definition) is 0. The average Bonchev–Trinajstić information content (AvgIpc) is 3.76. The lowest BCUT2D eigenvalue weighted by Gasteiger charge is -2.12. The average molecular weight is 609 g/mol. The minimum absolute atomic E-state index is 0.701. The van der Waals surface area contributed by atoms with Gasteiger partial charge in [0.15, 0.2) is 0 Å². The molecule has 4 heteroatoms. The van der Waals surface area contributed by atoms with Gasteiger partial charge < -0.3 is 13.6 Å². The SMILES string of the molecule is Clc1cccc2oc3ccc(-c4ccc5c(c4)c4ccc6c7ccccc7n(-c7ccccc7)c6c4n5-c4ccccc4)cc3c12. The lowest BCUT2D eigenvalue weighted by molar-refractivity contribution is 0.669. The number of para-hydroxylation sites is 3. The van der Waals surface area contributed by atoms with Crippen LogP contribution in [-0.4, -0.2) is 9.13 Å². The van der Waals surface area contributed by atoms with Crippen molar-refractivity contribution < 1.29 is 4.42 Å². The van der Waals surface area contributed by atoms with Crippen LogP contribution in [0.5, 0.6) is 0 Å². The zero-order chi connectivity index (χ0) is 30.4. The highest BCUT2D eigenvalue weighted by Crippen LogP contribution is 2.43. The van der Waals surface area contributed by atoms with Crippen LogP contribution in [0.1, 0.15) is 0 Å². The van der Waals surface area contributed by atoms with Crippen molar-refractivity contribution >= 4 is 77.2 Å². The van der Waals surface area contributed by atoms with Crippen molar-refractivity contribution in [3.63, 3.8) is 0 Å². The Bertz CT molecular complexity index is 2800. The monoisotopic (exact) mass is 608 g/mol. The Morgan fingerprint density at radius 1 is 0.413 bits per heavy atom. The summed E-state index contributed by atoms with van der Waals surface area (Å²) in [5.41, 5.74) is 10.9. The first-order valence-corrected chi connectivity index (χ1v) is 15.8. The molecule has 216 valence electrons. The van der Waals surface area contributed by atoms with Gasteiger partial charge in [0.2, 0.25) is 0 Å². The van der Waals surface area contributed by atoms with Crippen LogP contribution < -0.4 is 0 Å². The van der Waals surface area contributed by atoms with Gasteiger partial charge in [0.1, 0.15) is 11.2 Å². The van der Waals surface area contributed by atoms with E-state index in [-0.39, 0.29) is 0 Å². The molecule has 0 unspecified atom stereocenters. The van der Waals surface area contributed by atoms with E-state index in [9.17, 15) is 0 Å². The molecule has 0 spiro atoms. The number of furan rings is 1. The molecule has 3 heterocycles. The number of rotatable bonds is 3. The van der Waals surface area contributed by atoms with E-state index in [1.165, 1.54) is 43.6 Å². The number of hydrogen-bond acceptors (Lipinski definition) is 1. The molecule has 0 fully saturated rings. The number of halogens is 1. The Morgan fingerprint density at radius 3 is 1.72 bits per heavy atom. The van der Waals surface area contributed by atoms with E-state index in [1.807, 2.05) is 18.2 Å². The largest absolute Gasteiger partial charge is 0.456 e. The van der Waals surface area contributed by atoms with Crippen LogP contribution in [0.3, 0.4) is 0 Å². The molecule has 10 aromatic rings. The predicted octanol–water partition coefficient (Wildman–Crippen LogP) is 12.1. The first-order valence-electron chi connectivity index (χ1n) is 15.5. The standard InChI is InChI=1S/C42H25ClN2O/c43-35-15-9-17-39-40(35)34-25-27(19-23-38(34)46-39)26-18-22-37-33(24-26)32-21-20-31-30-14-7-8-16-36(30)44(28-10-3-1-4-11-28)41(31)42(32)45(37)29-12-5-2-6-13-29/h1-25H. The summed E-state index contributed by atoms with van der Waals surface area (Å²) in [6, 6.07) is 53.8. The molecule has 7 aromatic carbocycles. The maximum Gasteiger partial charge on any atom is 0.136 e. The normalized spacial score (nSPS) is 12.0. The number of aromatic nitrogens is 2. The molecule has 0 aliphatic carbocycles. The van der Waals surface area contributed by atoms with Gasteiger partial charge in [0, 0.05) is 43.7 Å². The summed E-state index contributed by atoms with van der Waals surface area (Å²) < 4.78 is 11.0. The Morgan fingerprint density at radius 2 is 1.00 bits per heavy atom. The van der Waals surface area contributed by atoms with E-state index in [0.29, 0.717) is 5.02 Å². The molecule has 0 aliphatic heterocycles. The summed E-state index contributed by atoms with van der Waals surface area (Å²) in [6.07, 6.45) is 0. The summed E-state index contributed by atoms with van der Waals surface area (Å²) >= 11 is 6.65. The van der Waals surface area contributed by atoms with Crippen molar-refractivity contribution in [2.75, 3.05) is 0 Å². The van der Waals surface area contributed by atoms with E-state index in [2.05, 4.69) is 143 Å². The lowest BCUT2D eigenvalue weighted by atomic mass is 10.0. The Balaban J connectivity index is 1.33. The lowest BCUT2D eigenvalue weighted by Crippen LogP contribution is -1.98. The molecule has 0 aliphatic rings. The molecule has 0 amide bonds. The molecule has 3 aromatic heterocycles. The summed E-state index contributed by atoms with van der Waals surface area (Å²) in [7, 11) is 0. The fourth-order valence-electron chi connectivity index (χ4n) is 7.38. The summed E-state index contributed by atoms with van der Waals surface area (Å²) in [5.74, 6) is 0. The third-order valence-electron chi connectivity index (χ3n) is 9.37. The smallest absolute Gasteiger partial charge is 0.136 e. The van der Waals surface area contributed by atoms with Gasteiger partial charge in [-0.15, -0.1) is 0 Å². The topological polar surface area (TPSA) is 23.0 Å². The molecular formula is C42H25ClN2O. The van der Waals surface area contributed by atoms with E-state index < -0.39 is 0 Å². The van der Waals surface area contributed by atoms with Crippen molar-refractivity contribution in [3.05, 3.63) is 157 Å². The number of benzene rings is 7. The van der Waals surface area contributed by atoms with E-state index in [1.54, 1.807) is 0 Å². The molecule has 0 atom stereocenters. The van der Waals surface area contributed by atoms with Gasteiger partial charge in [-0.3, -0.25) is 0 Å². The maximum absolute atomic E-state index is 6.65. The summed E-state index contributed by atoms with van der Waals surface area (Å²) in [4.78, 5) is 0. The van der Waals surface area contributed by atoms with Crippen LogP contribution in [0.25, 0.3) is 88.1 Å². The van der Waals surface area contributed by atoms with Gasteiger partial charge in [-0.1, -0.05) is 96.5 Å². The highest BCUT2D eigenvalue weighted by molar-refractivity contribution is 6.37. The molecule has 46 heavy (non-hydrogen) atoms. The van der Waals surface area contributed by atoms with Crippen molar-refractivity contribution in [1.82, 2.24) is 9.13 Å². The van der Waals surface area contributed by atoms with E-state index in [4.69, 9.17) is 16.0 Å². The Kier molecular flexibility index (Phi) is 5.34. The fourth-order valence-corrected chi connectivity index (χ4v) is 7.65. The maximum atomic E-state index is 6.65. The molecule has 0 bridgehead atoms. The second kappa shape index (κ2) is 9.61. The fraction of sp³-hybridized carbons (Fsp3) is 0. The van der Waals surface area contributed by atoms with Gasteiger partial charge in [-0.25, -0.2) is 0 Å². The first kappa shape index (κ1) is 25.5. The molecule has 0 saturated carbocycles. The Labute approximate surface area is 269 Å². The van der Waals surface area contributed by atoms with Crippen LogP contribution in [0.2, 0.25) is 5.02 Å². The van der Waals surface area contributed by atoms with Crippen molar-refractivity contribution in [2.45, 2.75) is 0 Å². The predicted molar refractivity (Wildman–Crippen MR) is 193 cm³/mol. The number of nitrogens with zero attached hydrogens (tertiary/aromatic N) is 2. The van der Waals surface area contributed by atoms with Crippen LogP contribution >= 0.6 is 11.6 Å². The second-order valence-corrected chi connectivity index (χ2v) is 12.3. The summed E-state index contributed by atoms with van der Waals surface area (Å²) in [5, 5.41) is 7.59.